The first-order chi connectivity index (χ1) is 20.2. The Kier molecular flexibility index (Phi) is 6.85. The zero-order valence-electron chi connectivity index (χ0n) is 22.5. The van der Waals surface area contributed by atoms with E-state index < -0.39 is 0 Å². The van der Waals surface area contributed by atoms with Crippen LogP contribution in [0.15, 0.2) is 55.4 Å². The van der Waals surface area contributed by atoms with Gasteiger partial charge in [0.1, 0.15) is 29.2 Å². The average molecular weight is 570 g/mol. The van der Waals surface area contributed by atoms with Gasteiger partial charge in [0.2, 0.25) is 0 Å². The molecule has 0 unspecified atom stereocenters. The van der Waals surface area contributed by atoms with Crippen LogP contribution in [0.5, 0.6) is 5.75 Å². The van der Waals surface area contributed by atoms with Crippen LogP contribution in [0.25, 0.3) is 26.9 Å². The third kappa shape index (κ3) is 4.93. The molecule has 0 radical (unpaired) electrons. The molecule has 0 bridgehead atoms. The van der Waals surface area contributed by atoms with Gasteiger partial charge >= 0.3 is 0 Å². The molecular weight excluding hydrogens is 538 g/mol. The second-order valence-corrected chi connectivity index (χ2v) is 11.6. The number of ether oxygens (including phenoxy) is 1. The highest BCUT2D eigenvalue weighted by Gasteiger charge is 2.29. The summed E-state index contributed by atoms with van der Waals surface area (Å²) in [5.74, 6) is 1.02. The molecule has 11 nitrogen and oxygen atoms in total. The van der Waals surface area contributed by atoms with E-state index in [0.29, 0.717) is 23.0 Å². The van der Waals surface area contributed by atoms with E-state index in [1.165, 1.54) is 24.0 Å². The summed E-state index contributed by atoms with van der Waals surface area (Å²) in [4.78, 5) is 29.3. The lowest BCUT2D eigenvalue weighted by Crippen LogP contribution is -2.47. The Bertz CT molecular complexity index is 1700. The minimum atomic E-state index is -0.0892. The fourth-order valence-electron chi connectivity index (χ4n) is 5.86. The van der Waals surface area contributed by atoms with Crippen molar-refractivity contribution in [3.63, 3.8) is 0 Å². The van der Waals surface area contributed by atoms with Crippen molar-refractivity contribution in [2.75, 3.05) is 36.8 Å². The van der Waals surface area contributed by atoms with Crippen molar-refractivity contribution >= 4 is 44.4 Å². The summed E-state index contributed by atoms with van der Waals surface area (Å²) in [5.41, 5.74) is 9.69. The first kappa shape index (κ1) is 25.7. The number of carbonyl (C=O) groups excluding carboxylic acids is 1. The van der Waals surface area contributed by atoms with Crippen LogP contribution < -0.4 is 26.0 Å². The number of nitrogens with two attached hydrogens (primary N) is 1. The Labute approximate surface area is 240 Å². The first-order valence-corrected chi connectivity index (χ1v) is 14.8. The number of benzene rings is 1. The van der Waals surface area contributed by atoms with Crippen LogP contribution in [-0.2, 0) is 0 Å². The fraction of sp³-hybridized carbons (Fsp3) is 0.345. The van der Waals surface area contributed by atoms with Crippen molar-refractivity contribution in [3.05, 3.63) is 60.3 Å². The van der Waals surface area contributed by atoms with E-state index >= 15 is 0 Å². The van der Waals surface area contributed by atoms with Gasteiger partial charge in [0.25, 0.3) is 5.91 Å². The summed E-state index contributed by atoms with van der Waals surface area (Å²) in [6.07, 6.45) is 10.2. The number of nitrogen functional groups attached to an aromatic ring is 1. The lowest BCUT2D eigenvalue weighted by Gasteiger charge is -2.34. The van der Waals surface area contributed by atoms with Gasteiger partial charge in [-0.05, 0) is 57.0 Å². The summed E-state index contributed by atoms with van der Waals surface area (Å²) in [5, 5.41) is 12.2. The van der Waals surface area contributed by atoms with Gasteiger partial charge in [-0.25, -0.2) is 19.5 Å². The molecule has 4 aromatic heterocycles. The van der Waals surface area contributed by atoms with E-state index in [1.54, 1.807) is 16.9 Å². The van der Waals surface area contributed by atoms with Crippen LogP contribution in [-0.4, -0.2) is 68.8 Å². The normalized spacial score (nSPS) is 18.1. The topological polar surface area (TPSA) is 136 Å². The van der Waals surface area contributed by atoms with Crippen LogP contribution in [0, 0.1) is 0 Å². The molecular formula is C29H31N9O2S. The molecule has 0 saturated carbocycles. The number of thiophene rings is 1. The first-order valence-electron chi connectivity index (χ1n) is 14.0. The van der Waals surface area contributed by atoms with Crippen LogP contribution in [0.3, 0.4) is 0 Å². The van der Waals surface area contributed by atoms with Gasteiger partial charge in [-0.3, -0.25) is 4.79 Å². The van der Waals surface area contributed by atoms with Gasteiger partial charge in [0.05, 0.1) is 11.4 Å². The number of nitrogens with one attached hydrogen (secondary N) is 2. The highest BCUT2D eigenvalue weighted by molar-refractivity contribution is 7.21. The van der Waals surface area contributed by atoms with Crippen molar-refractivity contribution in [3.8, 4) is 17.0 Å². The molecule has 6 heterocycles. The predicted molar refractivity (Wildman–Crippen MR) is 159 cm³/mol. The van der Waals surface area contributed by atoms with Crippen molar-refractivity contribution in [2.45, 2.75) is 37.8 Å². The van der Waals surface area contributed by atoms with Gasteiger partial charge in [0.15, 0.2) is 11.6 Å². The summed E-state index contributed by atoms with van der Waals surface area (Å²) in [7, 11) is 0. The average Bonchev–Trinajstić information content (AvgIpc) is 3.58. The Hall–Kier alpha value is -4.29. The Balaban J connectivity index is 1.16. The van der Waals surface area contributed by atoms with Crippen molar-refractivity contribution in [1.29, 1.82) is 0 Å². The standard InChI is InChI=1S/C29H31N9O2S/c30-28-25-23(12-22(38(25)35-17-34-28)18-13-32-16-33-14-18)37-11-3-4-19(15-37)36-29(39)27-26(40-20-7-9-31-10-8-20)21-5-1-2-6-24(21)41-27/h1-2,5-6,12-14,16-17,19-20,31H,3-4,7-11,15H2,(H,36,39)(H2,30,34,35)/t19-/m1/s1. The molecule has 1 aromatic carbocycles. The predicted octanol–water partition coefficient (Wildman–Crippen LogP) is 3.51. The molecule has 7 rings (SSSR count). The molecule has 1 amide bonds. The summed E-state index contributed by atoms with van der Waals surface area (Å²) in [6.45, 7) is 3.32. The maximum Gasteiger partial charge on any atom is 0.265 e. The monoisotopic (exact) mass is 569 g/mol. The number of aromatic nitrogens is 5. The zero-order chi connectivity index (χ0) is 27.8. The van der Waals surface area contributed by atoms with Gasteiger partial charge in [-0.2, -0.15) is 5.10 Å². The van der Waals surface area contributed by atoms with Gasteiger partial charge in [-0.15, -0.1) is 11.3 Å². The number of nitrogens with zero attached hydrogens (tertiary/aromatic N) is 6. The van der Waals surface area contributed by atoms with E-state index in [9.17, 15) is 4.79 Å². The number of hydrogen-bond donors (Lipinski definition) is 3. The molecule has 2 aliphatic heterocycles. The lowest BCUT2D eigenvalue weighted by molar-refractivity contribution is 0.0928. The molecule has 12 heteroatoms. The molecule has 1 atom stereocenters. The third-order valence-corrected chi connectivity index (χ3v) is 8.99. The lowest BCUT2D eigenvalue weighted by atomic mass is 10.0. The summed E-state index contributed by atoms with van der Waals surface area (Å²) < 4.78 is 9.35. The quantitative estimate of drug-likeness (QED) is 0.281. The van der Waals surface area contributed by atoms with E-state index in [4.69, 9.17) is 10.5 Å². The molecule has 0 aliphatic carbocycles. The van der Waals surface area contributed by atoms with Gasteiger partial charge in [0, 0.05) is 47.2 Å². The zero-order valence-corrected chi connectivity index (χ0v) is 23.3. The second kappa shape index (κ2) is 10.9. The van der Waals surface area contributed by atoms with Gasteiger partial charge in [-0.1, -0.05) is 12.1 Å². The maximum atomic E-state index is 13.8. The highest BCUT2D eigenvalue weighted by atomic mass is 32.1. The number of amides is 1. The van der Waals surface area contributed by atoms with Crippen molar-refractivity contribution in [1.82, 2.24) is 35.2 Å². The molecule has 2 aliphatic rings. The summed E-state index contributed by atoms with van der Waals surface area (Å²) in [6, 6.07) is 10.1. The number of fused-ring (bicyclic) bond motifs is 2. The molecule has 210 valence electrons. The SMILES string of the molecule is Nc1ncnn2c(-c3cncnc3)cc(N3CCC[C@@H](NC(=O)c4sc5ccccc5c4OC4CCNCC4)C3)c12. The van der Waals surface area contributed by atoms with Crippen LogP contribution in [0.4, 0.5) is 11.5 Å². The number of carbonyl (C=O) groups is 1. The van der Waals surface area contributed by atoms with E-state index in [0.717, 1.165) is 77.9 Å². The maximum absolute atomic E-state index is 13.8. The van der Waals surface area contributed by atoms with Crippen LogP contribution in [0.1, 0.15) is 35.4 Å². The number of hydrogen-bond acceptors (Lipinski definition) is 10. The number of anilines is 2. The Morgan fingerprint density at radius 1 is 1.12 bits per heavy atom. The molecule has 2 saturated heterocycles. The van der Waals surface area contributed by atoms with Crippen molar-refractivity contribution < 1.29 is 9.53 Å². The molecule has 2 fully saturated rings. The Morgan fingerprint density at radius 2 is 1.95 bits per heavy atom. The Morgan fingerprint density at radius 3 is 2.80 bits per heavy atom. The van der Waals surface area contributed by atoms with E-state index in [1.807, 2.05) is 18.2 Å². The highest BCUT2D eigenvalue weighted by Crippen LogP contribution is 2.39. The third-order valence-electron chi connectivity index (χ3n) is 7.84. The summed E-state index contributed by atoms with van der Waals surface area (Å²) >= 11 is 1.50. The minimum absolute atomic E-state index is 0.0440. The van der Waals surface area contributed by atoms with E-state index in [2.05, 4.69) is 47.7 Å². The molecule has 5 aromatic rings. The second-order valence-electron chi connectivity index (χ2n) is 10.5. The smallest absolute Gasteiger partial charge is 0.265 e. The molecule has 41 heavy (non-hydrogen) atoms. The van der Waals surface area contributed by atoms with Crippen molar-refractivity contribution in [2.24, 2.45) is 0 Å². The minimum Gasteiger partial charge on any atom is -0.488 e. The number of piperidine rings is 2. The van der Waals surface area contributed by atoms with E-state index in [-0.39, 0.29) is 18.1 Å². The molecule has 4 N–H and O–H groups in total. The largest absolute Gasteiger partial charge is 0.488 e. The van der Waals surface area contributed by atoms with Crippen LogP contribution in [0.2, 0.25) is 0 Å². The fourth-order valence-corrected chi connectivity index (χ4v) is 6.90. The van der Waals surface area contributed by atoms with Crippen LogP contribution >= 0.6 is 11.3 Å². The molecule has 0 spiro atoms. The number of rotatable bonds is 6. The van der Waals surface area contributed by atoms with Gasteiger partial charge < -0.3 is 26.0 Å².